The van der Waals surface area contributed by atoms with E-state index in [1.165, 1.54) is 19.2 Å². The second kappa shape index (κ2) is 5.17. The van der Waals surface area contributed by atoms with Crippen LogP contribution in [0.15, 0.2) is 18.2 Å². The second-order valence-corrected chi connectivity index (χ2v) is 3.19. The SMILES string of the molecule is COc1cc(C#CCS)ccc1C(F)(F)F. The van der Waals surface area contributed by atoms with E-state index in [1.807, 2.05) is 0 Å². The van der Waals surface area contributed by atoms with Crippen LogP contribution in [0.25, 0.3) is 0 Å². The lowest BCUT2D eigenvalue weighted by Gasteiger charge is -2.11. The van der Waals surface area contributed by atoms with Crippen molar-refractivity contribution in [3.8, 4) is 17.6 Å². The van der Waals surface area contributed by atoms with Crippen LogP contribution >= 0.6 is 12.6 Å². The first-order chi connectivity index (χ1) is 7.49. The van der Waals surface area contributed by atoms with Crippen LogP contribution in [-0.4, -0.2) is 12.9 Å². The van der Waals surface area contributed by atoms with Crippen molar-refractivity contribution in [1.29, 1.82) is 0 Å². The van der Waals surface area contributed by atoms with Gasteiger partial charge in [0.1, 0.15) is 5.75 Å². The van der Waals surface area contributed by atoms with Gasteiger partial charge in [-0.1, -0.05) is 11.8 Å². The molecule has 0 heterocycles. The normalized spacial score (nSPS) is 10.6. The third-order valence-corrected chi connectivity index (χ3v) is 1.98. The van der Waals surface area contributed by atoms with E-state index in [0.717, 1.165) is 6.07 Å². The van der Waals surface area contributed by atoms with Gasteiger partial charge in [0.05, 0.1) is 18.4 Å². The van der Waals surface area contributed by atoms with Crippen molar-refractivity contribution in [2.45, 2.75) is 6.18 Å². The van der Waals surface area contributed by atoms with Gasteiger partial charge in [0, 0.05) is 5.56 Å². The fourth-order valence-electron chi connectivity index (χ4n) is 1.14. The van der Waals surface area contributed by atoms with E-state index in [9.17, 15) is 13.2 Å². The lowest BCUT2D eigenvalue weighted by molar-refractivity contribution is -0.138. The summed E-state index contributed by atoms with van der Waals surface area (Å²) in [5.74, 6) is 5.45. The van der Waals surface area contributed by atoms with E-state index in [-0.39, 0.29) is 5.75 Å². The monoisotopic (exact) mass is 246 g/mol. The highest BCUT2D eigenvalue weighted by molar-refractivity contribution is 7.80. The lowest BCUT2D eigenvalue weighted by Crippen LogP contribution is -2.07. The van der Waals surface area contributed by atoms with Crippen molar-refractivity contribution < 1.29 is 17.9 Å². The molecule has 0 saturated heterocycles. The molecule has 0 radical (unpaired) electrons. The molecule has 0 aliphatic heterocycles. The Hall–Kier alpha value is -1.28. The zero-order chi connectivity index (χ0) is 12.2. The molecule has 1 nitrogen and oxygen atoms in total. The Bertz CT molecular complexity index is 429. The summed E-state index contributed by atoms with van der Waals surface area (Å²) in [6.07, 6.45) is -4.42. The summed E-state index contributed by atoms with van der Waals surface area (Å²) in [5.41, 5.74) is -0.328. The molecule has 0 atom stereocenters. The van der Waals surface area contributed by atoms with Gasteiger partial charge in [0.2, 0.25) is 0 Å². The van der Waals surface area contributed by atoms with Gasteiger partial charge in [-0.2, -0.15) is 25.8 Å². The van der Waals surface area contributed by atoms with Gasteiger partial charge >= 0.3 is 6.18 Å². The summed E-state index contributed by atoms with van der Waals surface area (Å²) >= 11 is 3.88. The molecule has 0 bridgehead atoms. The first-order valence-corrected chi connectivity index (χ1v) is 4.97. The molecular weight excluding hydrogens is 237 g/mol. The maximum atomic E-state index is 12.5. The molecule has 0 N–H and O–H groups in total. The molecule has 0 unspecified atom stereocenters. The highest BCUT2D eigenvalue weighted by Gasteiger charge is 2.34. The summed E-state index contributed by atoms with van der Waals surface area (Å²) in [6, 6.07) is 3.53. The molecule has 0 aromatic heterocycles. The Morgan fingerprint density at radius 3 is 2.56 bits per heavy atom. The minimum absolute atomic E-state index is 0.224. The largest absolute Gasteiger partial charge is 0.496 e. The van der Waals surface area contributed by atoms with Crippen molar-refractivity contribution in [1.82, 2.24) is 0 Å². The predicted octanol–water partition coefficient (Wildman–Crippen LogP) is 3.00. The molecule has 0 spiro atoms. The molecule has 5 heteroatoms. The predicted molar refractivity (Wildman–Crippen MR) is 58.7 cm³/mol. The Kier molecular flexibility index (Phi) is 4.13. The van der Waals surface area contributed by atoms with Crippen molar-refractivity contribution in [2.75, 3.05) is 12.9 Å². The molecule has 1 aromatic carbocycles. The van der Waals surface area contributed by atoms with Gasteiger partial charge < -0.3 is 4.74 Å². The Balaban J connectivity index is 3.17. The topological polar surface area (TPSA) is 9.23 Å². The maximum absolute atomic E-state index is 12.5. The number of thiol groups is 1. The van der Waals surface area contributed by atoms with E-state index in [4.69, 9.17) is 0 Å². The minimum atomic E-state index is -4.42. The Labute approximate surface area is 97.0 Å². The Morgan fingerprint density at radius 1 is 1.38 bits per heavy atom. The summed E-state index contributed by atoms with van der Waals surface area (Å²) < 4.78 is 42.2. The van der Waals surface area contributed by atoms with Gasteiger partial charge in [-0.15, -0.1) is 0 Å². The zero-order valence-corrected chi connectivity index (χ0v) is 9.32. The van der Waals surface area contributed by atoms with Crippen LogP contribution in [0.4, 0.5) is 13.2 Å². The van der Waals surface area contributed by atoms with Crippen molar-refractivity contribution in [3.63, 3.8) is 0 Å². The van der Waals surface area contributed by atoms with E-state index in [0.29, 0.717) is 11.3 Å². The van der Waals surface area contributed by atoms with Gasteiger partial charge in [-0.25, -0.2) is 0 Å². The van der Waals surface area contributed by atoms with Gasteiger partial charge in [0.15, 0.2) is 0 Å². The number of halogens is 3. The average molecular weight is 246 g/mol. The van der Waals surface area contributed by atoms with Crippen LogP contribution in [-0.2, 0) is 6.18 Å². The molecular formula is C11H9F3OS. The number of methoxy groups -OCH3 is 1. The van der Waals surface area contributed by atoms with E-state index >= 15 is 0 Å². The first-order valence-electron chi connectivity index (χ1n) is 4.34. The standard InChI is InChI=1S/C11H9F3OS/c1-15-10-7-8(3-2-6-16)4-5-9(10)11(12,13)14/h4-5,7,16H,6H2,1H3. The van der Waals surface area contributed by atoms with Crippen LogP contribution in [0.5, 0.6) is 5.75 Å². The molecule has 0 aliphatic rings. The number of hydrogen-bond donors (Lipinski definition) is 1. The van der Waals surface area contributed by atoms with E-state index in [2.05, 4.69) is 29.2 Å². The fourth-order valence-corrected chi connectivity index (χ4v) is 1.22. The summed E-state index contributed by atoms with van der Waals surface area (Å²) in [5, 5.41) is 0. The highest BCUT2D eigenvalue weighted by atomic mass is 32.1. The summed E-state index contributed by atoms with van der Waals surface area (Å²) in [6.45, 7) is 0. The molecule has 1 aromatic rings. The summed E-state index contributed by atoms with van der Waals surface area (Å²) in [4.78, 5) is 0. The van der Waals surface area contributed by atoms with Crippen molar-refractivity contribution >= 4 is 12.6 Å². The smallest absolute Gasteiger partial charge is 0.419 e. The average Bonchev–Trinajstić information content (AvgIpc) is 2.24. The van der Waals surface area contributed by atoms with Crippen LogP contribution < -0.4 is 4.74 Å². The number of benzene rings is 1. The third kappa shape index (κ3) is 3.11. The van der Waals surface area contributed by atoms with E-state index < -0.39 is 11.7 Å². The third-order valence-electron chi connectivity index (χ3n) is 1.82. The van der Waals surface area contributed by atoms with Crippen LogP contribution in [0.1, 0.15) is 11.1 Å². The molecule has 0 amide bonds. The highest BCUT2D eigenvalue weighted by Crippen LogP contribution is 2.36. The van der Waals surface area contributed by atoms with Crippen molar-refractivity contribution in [3.05, 3.63) is 29.3 Å². The van der Waals surface area contributed by atoms with Gasteiger partial charge in [-0.05, 0) is 18.2 Å². The zero-order valence-electron chi connectivity index (χ0n) is 8.43. The van der Waals surface area contributed by atoms with Crippen LogP contribution in [0, 0.1) is 11.8 Å². The first kappa shape index (κ1) is 12.8. The second-order valence-electron chi connectivity index (χ2n) is 2.87. The molecule has 0 aliphatic carbocycles. The molecule has 86 valence electrons. The van der Waals surface area contributed by atoms with E-state index in [1.54, 1.807) is 0 Å². The lowest BCUT2D eigenvalue weighted by atomic mass is 10.1. The fraction of sp³-hybridized carbons (Fsp3) is 0.273. The van der Waals surface area contributed by atoms with Crippen LogP contribution in [0.3, 0.4) is 0 Å². The number of alkyl halides is 3. The summed E-state index contributed by atoms with van der Waals surface area (Å²) in [7, 11) is 1.19. The molecule has 0 fully saturated rings. The molecule has 1 rings (SSSR count). The Morgan fingerprint density at radius 2 is 2.06 bits per heavy atom. The number of rotatable bonds is 1. The van der Waals surface area contributed by atoms with Gasteiger partial charge in [-0.3, -0.25) is 0 Å². The minimum Gasteiger partial charge on any atom is -0.496 e. The number of ether oxygens (including phenoxy) is 1. The van der Waals surface area contributed by atoms with Crippen LogP contribution in [0.2, 0.25) is 0 Å². The number of hydrogen-bond acceptors (Lipinski definition) is 2. The quantitative estimate of drug-likeness (QED) is 0.592. The van der Waals surface area contributed by atoms with Gasteiger partial charge in [0.25, 0.3) is 0 Å². The molecule has 0 saturated carbocycles. The van der Waals surface area contributed by atoms with Crippen molar-refractivity contribution in [2.24, 2.45) is 0 Å². The molecule has 16 heavy (non-hydrogen) atoms. The maximum Gasteiger partial charge on any atom is 0.419 e.